The number of aromatic nitrogens is 4. The molecule has 0 aliphatic carbocycles. The molecule has 1 aliphatic heterocycles. The molecular formula is C21H14F6N6OS. The van der Waals surface area contributed by atoms with Gasteiger partial charge in [-0.3, -0.25) is 4.79 Å². The molecule has 2 N–H and O–H groups in total. The number of fused-ring (bicyclic) bond motifs is 2. The molecule has 182 valence electrons. The molecule has 0 saturated heterocycles. The molecule has 0 atom stereocenters. The minimum absolute atomic E-state index is 0.0661. The molecule has 0 saturated carbocycles. The smallest absolute Gasteiger partial charge is 0.397 e. The molecule has 35 heavy (non-hydrogen) atoms. The Morgan fingerprint density at radius 3 is 2.37 bits per heavy atom. The number of halogens is 6. The summed E-state index contributed by atoms with van der Waals surface area (Å²) < 4.78 is 81.9. The van der Waals surface area contributed by atoms with E-state index in [1.165, 1.54) is 4.90 Å². The van der Waals surface area contributed by atoms with Gasteiger partial charge in [-0.15, -0.1) is 21.5 Å². The van der Waals surface area contributed by atoms with Crippen molar-refractivity contribution in [3.8, 4) is 11.3 Å². The van der Waals surface area contributed by atoms with E-state index >= 15 is 0 Å². The zero-order valence-electron chi connectivity index (χ0n) is 17.5. The van der Waals surface area contributed by atoms with Crippen molar-refractivity contribution in [1.29, 1.82) is 0 Å². The van der Waals surface area contributed by atoms with Crippen molar-refractivity contribution >= 4 is 33.1 Å². The zero-order chi connectivity index (χ0) is 25.1. The third-order valence-electron chi connectivity index (χ3n) is 5.56. The predicted molar refractivity (Wildman–Crippen MR) is 114 cm³/mol. The van der Waals surface area contributed by atoms with E-state index in [1.807, 2.05) is 0 Å². The third-order valence-corrected chi connectivity index (χ3v) is 6.65. The van der Waals surface area contributed by atoms with Gasteiger partial charge in [0.25, 0.3) is 5.91 Å². The van der Waals surface area contributed by atoms with Crippen LogP contribution in [0.5, 0.6) is 0 Å². The Hall–Kier alpha value is -3.68. The number of hydrogen-bond acceptors (Lipinski definition) is 6. The molecule has 0 radical (unpaired) electrons. The van der Waals surface area contributed by atoms with Gasteiger partial charge < -0.3 is 15.2 Å². The van der Waals surface area contributed by atoms with E-state index in [2.05, 4.69) is 15.2 Å². The summed E-state index contributed by atoms with van der Waals surface area (Å²) in [6, 6.07) is 9.13. The van der Waals surface area contributed by atoms with Crippen molar-refractivity contribution in [2.75, 3.05) is 12.3 Å². The molecule has 0 fully saturated rings. The molecular weight excluding hydrogens is 498 g/mol. The Balaban J connectivity index is 1.55. The molecule has 14 heteroatoms. The van der Waals surface area contributed by atoms with Crippen LogP contribution in [-0.2, 0) is 25.4 Å². The summed E-state index contributed by atoms with van der Waals surface area (Å²) in [6.07, 6.45) is -9.47. The number of pyridine rings is 1. The number of nitrogens with zero attached hydrogens (tertiary/aromatic N) is 5. The molecule has 1 aromatic carbocycles. The van der Waals surface area contributed by atoms with Gasteiger partial charge in [0.15, 0.2) is 5.82 Å². The van der Waals surface area contributed by atoms with Gasteiger partial charge in [0.05, 0.1) is 23.5 Å². The van der Waals surface area contributed by atoms with Gasteiger partial charge >= 0.3 is 12.4 Å². The highest BCUT2D eigenvalue weighted by molar-refractivity contribution is 7.21. The van der Waals surface area contributed by atoms with E-state index in [4.69, 9.17) is 5.73 Å². The van der Waals surface area contributed by atoms with Crippen LogP contribution in [-0.4, -0.2) is 37.1 Å². The highest BCUT2D eigenvalue weighted by Gasteiger charge is 2.41. The summed E-state index contributed by atoms with van der Waals surface area (Å²) in [7, 11) is 0. The maximum absolute atomic E-state index is 13.9. The number of carbonyl (C=O) groups is 1. The van der Waals surface area contributed by atoms with Crippen LogP contribution in [0.1, 0.15) is 26.9 Å². The fourth-order valence-electron chi connectivity index (χ4n) is 3.94. The number of carbonyl (C=O) groups excluding carboxylic acids is 1. The van der Waals surface area contributed by atoms with Crippen LogP contribution in [0.15, 0.2) is 36.4 Å². The number of hydrogen-bond donors (Lipinski definition) is 1. The maximum Gasteiger partial charge on any atom is 0.451 e. The Morgan fingerprint density at radius 2 is 1.71 bits per heavy atom. The van der Waals surface area contributed by atoms with Crippen molar-refractivity contribution in [2.24, 2.45) is 0 Å². The average Bonchev–Trinajstić information content (AvgIpc) is 3.38. The first-order valence-electron chi connectivity index (χ1n) is 10.1. The van der Waals surface area contributed by atoms with Gasteiger partial charge in [0, 0.05) is 24.0 Å². The second-order valence-electron chi connectivity index (χ2n) is 7.76. The fourth-order valence-corrected chi connectivity index (χ4v) is 5.03. The van der Waals surface area contributed by atoms with Crippen LogP contribution in [0.3, 0.4) is 0 Å². The minimum Gasteiger partial charge on any atom is -0.397 e. The predicted octanol–water partition coefficient (Wildman–Crippen LogP) is 4.83. The van der Waals surface area contributed by atoms with E-state index < -0.39 is 29.6 Å². The molecule has 1 amide bonds. The first kappa shape index (κ1) is 23.1. The Kier molecular flexibility index (Phi) is 5.23. The molecule has 4 aromatic rings. The largest absolute Gasteiger partial charge is 0.451 e. The SMILES string of the molecule is Nc1c(C(=O)N2CCn3c(nnc3C(F)(F)F)C2)sc2nc(-c3ccccc3)cc(C(F)(F)F)c12. The summed E-state index contributed by atoms with van der Waals surface area (Å²) in [6.45, 7) is -0.655. The van der Waals surface area contributed by atoms with Crippen LogP contribution >= 0.6 is 11.3 Å². The Labute approximate surface area is 196 Å². The fraction of sp³-hybridized carbons (Fsp3) is 0.238. The Morgan fingerprint density at radius 1 is 1.00 bits per heavy atom. The van der Waals surface area contributed by atoms with Crippen molar-refractivity contribution in [2.45, 2.75) is 25.4 Å². The van der Waals surface area contributed by atoms with Crippen LogP contribution in [0.25, 0.3) is 21.5 Å². The number of benzene rings is 1. The second-order valence-corrected chi connectivity index (χ2v) is 8.76. The molecule has 4 heterocycles. The molecule has 7 nitrogen and oxygen atoms in total. The quantitative estimate of drug-likeness (QED) is 0.389. The lowest BCUT2D eigenvalue weighted by molar-refractivity contribution is -0.147. The summed E-state index contributed by atoms with van der Waals surface area (Å²) >= 11 is 0.705. The van der Waals surface area contributed by atoms with Gasteiger partial charge in [0.2, 0.25) is 5.82 Å². The molecule has 0 spiro atoms. The number of anilines is 1. The van der Waals surface area contributed by atoms with Gasteiger partial charge in [-0.2, -0.15) is 26.3 Å². The van der Waals surface area contributed by atoms with Crippen LogP contribution in [0.2, 0.25) is 0 Å². The van der Waals surface area contributed by atoms with Gasteiger partial charge in [0.1, 0.15) is 9.71 Å². The summed E-state index contributed by atoms with van der Waals surface area (Å²) in [5.41, 5.74) is 5.15. The number of nitrogen functional groups attached to an aromatic ring is 1. The van der Waals surface area contributed by atoms with Gasteiger partial charge in [-0.25, -0.2) is 4.98 Å². The van der Waals surface area contributed by atoms with Crippen molar-refractivity contribution < 1.29 is 31.1 Å². The highest BCUT2D eigenvalue weighted by Crippen LogP contribution is 2.44. The van der Waals surface area contributed by atoms with E-state index in [0.29, 0.717) is 16.9 Å². The number of nitrogens with two attached hydrogens (primary N) is 1. The lowest BCUT2D eigenvalue weighted by atomic mass is 10.1. The lowest BCUT2D eigenvalue weighted by Gasteiger charge is -2.27. The number of alkyl halides is 6. The van der Waals surface area contributed by atoms with Crippen molar-refractivity contribution in [3.63, 3.8) is 0 Å². The molecule has 0 bridgehead atoms. The zero-order valence-corrected chi connectivity index (χ0v) is 18.3. The first-order valence-corrected chi connectivity index (χ1v) is 10.9. The number of amides is 1. The highest BCUT2D eigenvalue weighted by atomic mass is 32.1. The normalized spacial score (nSPS) is 14.4. The maximum atomic E-state index is 13.9. The summed E-state index contributed by atoms with van der Waals surface area (Å²) in [5.74, 6) is -1.98. The second kappa shape index (κ2) is 7.93. The lowest BCUT2D eigenvalue weighted by Crippen LogP contribution is -2.39. The average molecular weight is 512 g/mol. The number of thiophene rings is 1. The van der Waals surface area contributed by atoms with E-state index in [-0.39, 0.29) is 51.9 Å². The molecule has 0 unspecified atom stereocenters. The van der Waals surface area contributed by atoms with Gasteiger partial charge in [-0.05, 0) is 6.07 Å². The minimum atomic E-state index is -4.77. The summed E-state index contributed by atoms with van der Waals surface area (Å²) in [5, 5.41) is 6.29. The van der Waals surface area contributed by atoms with Crippen LogP contribution < -0.4 is 5.73 Å². The van der Waals surface area contributed by atoms with Crippen molar-refractivity contribution in [1.82, 2.24) is 24.6 Å². The van der Waals surface area contributed by atoms with E-state index in [0.717, 1.165) is 10.6 Å². The van der Waals surface area contributed by atoms with Gasteiger partial charge in [-0.1, -0.05) is 30.3 Å². The van der Waals surface area contributed by atoms with Crippen molar-refractivity contribution in [3.05, 3.63) is 58.5 Å². The summed E-state index contributed by atoms with van der Waals surface area (Å²) in [4.78, 5) is 18.4. The molecule has 5 rings (SSSR count). The molecule has 1 aliphatic rings. The van der Waals surface area contributed by atoms with E-state index in [9.17, 15) is 31.1 Å². The number of rotatable bonds is 2. The van der Waals surface area contributed by atoms with Crippen LogP contribution in [0, 0.1) is 0 Å². The first-order chi connectivity index (χ1) is 16.4. The molecule has 3 aromatic heterocycles. The Bertz CT molecular complexity index is 1440. The monoisotopic (exact) mass is 512 g/mol. The standard InChI is InChI=1S/C21H14F6N6OS/c22-20(23,24)11-8-12(10-4-2-1-3-5-10)29-17-14(11)15(28)16(35-17)18(34)32-6-7-33-13(9-32)30-31-19(33)21(25,26)27/h1-5,8H,6-7,9,28H2. The third kappa shape index (κ3) is 3.96. The van der Waals surface area contributed by atoms with Crippen LogP contribution in [0.4, 0.5) is 32.0 Å². The van der Waals surface area contributed by atoms with E-state index in [1.54, 1.807) is 30.3 Å². The topological polar surface area (TPSA) is 89.9 Å².